The Kier molecular flexibility index (Phi) is 5.90. The highest BCUT2D eigenvalue weighted by Crippen LogP contribution is 2.41. The Balaban J connectivity index is 1.13. The summed E-state index contributed by atoms with van der Waals surface area (Å²) in [7, 11) is 0. The highest BCUT2D eigenvalue weighted by molar-refractivity contribution is 6.16. The molecule has 0 spiro atoms. The van der Waals surface area contributed by atoms with Crippen molar-refractivity contribution in [2.24, 2.45) is 4.99 Å². The van der Waals surface area contributed by atoms with Gasteiger partial charge in [0.15, 0.2) is 0 Å². The molecule has 240 valence electrons. The van der Waals surface area contributed by atoms with Crippen molar-refractivity contribution in [3.63, 3.8) is 0 Å². The van der Waals surface area contributed by atoms with E-state index < -0.39 is 0 Å². The number of rotatable bonds is 3. The summed E-state index contributed by atoms with van der Waals surface area (Å²) in [6.45, 7) is 2.24. The van der Waals surface area contributed by atoms with Crippen molar-refractivity contribution < 1.29 is 4.42 Å². The molecule has 1 atom stereocenters. The summed E-state index contributed by atoms with van der Waals surface area (Å²) in [6, 6.07) is 44.9. The smallest absolute Gasteiger partial charge is 0.246 e. The molecular weight excluding hydrogens is 627 g/mol. The minimum Gasteiger partial charge on any atom is -0.436 e. The molecule has 1 unspecified atom stereocenters. The lowest BCUT2D eigenvalue weighted by molar-refractivity contribution is 0.653. The lowest BCUT2D eigenvalue weighted by Crippen LogP contribution is -2.01. The van der Waals surface area contributed by atoms with Crippen LogP contribution < -0.4 is 0 Å². The van der Waals surface area contributed by atoms with Crippen LogP contribution >= 0.6 is 0 Å². The standard InChI is InChI=1S/C45H29N5O/c1-26-18-19-46-37-22-31(14-16-33(26)37)42-43(48-44-34-12-6-7-13-40(34)51-45(44)49-42)32-15-17-41(47-25-32)50-38-23-29-10-4-2-8-27(29)20-35(38)36-21-28-9-3-5-11-30(28)24-39(36)50/h2-17,19-26H,18H2,1H3. The Labute approximate surface area is 292 Å². The van der Waals surface area contributed by atoms with E-state index in [0.29, 0.717) is 11.6 Å². The molecule has 10 aromatic rings. The van der Waals surface area contributed by atoms with Crippen molar-refractivity contribution in [3.8, 4) is 28.3 Å². The molecule has 0 aliphatic carbocycles. The number of benzene rings is 6. The molecule has 4 aromatic heterocycles. The lowest BCUT2D eigenvalue weighted by Gasteiger charge is -2.18. The van der Waals surface area contributed by atoms with E-state index in [0.717, 1.165) is 68.0 Å². The first-order valence-electron chi connectivity index (χ1n) is 17.3. The predicted molar refractivity (Wildman–Crippen MR) is 209 cm³/mol. The van der Waals surface area contributed by atoms with Gasteiger partial charge in [-0.25, -0.2) is 15.0 Å². The van der Waals surface area contributed by atoms with Crippen LogP contribution in [0.15, 0.2) is 143 Å². The molecule has 1 aliphatic rings. The molecule has 51 heavy (non-hydrogen) atoms. The molecule has 0 saturated carbocycles. The van der Waals surface area contributed by atoms with Gasteiger partial charge in [-0.2, -0.15) is 0 Å². The summed E-state index contributed by atoms with van der Waals surface area (Å²) in [5, 5.41) is 8.17. The average molecular weight is 656 g/mol. The summed E-state index contributed by atoms with van der Waals surface area (Å²) < 4.78 is 8.51. The molecule has 1 aliphatic heterocycles. The number of nitrogens with zero attached hydrogens (tertiary/aromatic N) is 5. The van der Waals surface area contributed by atoms with Gasteiger partial charge in [-0.1, -0.05) is 79.7 Å². The maximum atomic E-state index is 6.22. The minimum atomic E-state index is 0.420. The lowest BCUT2D eigenvalue weighted by atomic mass is 9.92. The van der Waals surface area contributed by atoms with Crippen LogP contribution in [0.5, 0.6) is 0 Å². The third kappa shape index (κ3) is 4.29. The molecular formula is C45H29N5O. The highest BCUT2D eigenvalue weighted by atomic mass is 16.3. The van der Waals surface area contributed by atoms with Crippen LogP contribution in [0, 0.1) is 0 Å². The van der Waals surface area contributed by atoms with Crippen LogP contribution in [0.25, 0.3) is 93.9 Å². The van der Waals surface area contributed by atoms with Gasteiger partial charge < -0.3 is 4.42 Å². The Morgan fingerprint density at radius 2 is 1.27 bits per heavy atom. The molecule has 11 rings (SSSR count). The molecule has 0 radical (unpaired) electrons. The fourth-order valence-electron chi connectivity index (χ4n) is 7.87. The molecule has 0 fully saturated rings. The van der Waals surface area contributed by atoms with E-state index >= 15 is 0 Å². The number of hydrogen-bond donors (Lipinski definition) is 0. The normalized spacial score (nSPS) is 14.4. The number of pyridine rings is 1. The molecule has 6 nitrogen and oxygen atoms in total. The first-order valence-corrected chi connectivity index (χ1v) is 17.3. The van der Waals surface area contributed by atoms with Crippen LogP contribution in [0.4, 0.5) is 5.69 Å². The van der Waals surface area contributed by atoms with Crippen LogP contribution in [0.2, 0.25) is 0 Å². The zero-order valence-corrected chi connectivity index (χ0v) is 27.7. The molecule has 0 saturated heterocycles. The summed E-state index contributed by atoms with van der Waals surface area (Å²) >= 11 is 0. The van der Waals surface area contributed by atoms with Gasteiger partial charge in [-0.05, 0) is 94.0 Å². The molecule has 0 N–H and O–H groups in total. The van der Waals surface area contributed by atoms with E-state index in [2.05, 4.69) is 115 Å². The Morgan fingerprint density at radius 3 is 1.98 bits per heavy atom. The molecule has 0 bridgehead atoms. The predicted octanol–water partition coefficient (Wildman–Crippen LogP) is 11.7. The van der Waals surface area contributed by atoms with Gasteiger partial charge in [-0.3, -0.25) is 9.56 Å². The van der Waals surface area contributed by atoms with Gasteiger partial charge in [0.1, 0.15) is 22.6 Å². The summed E-state index contributed by atoms with van der Waals surface area (Å²) in [5.41, 5.74) is 9.78. The third-order valence-corrected chi connectivity index (χ3v) is 10.5. The summed E-state index contributed by atoms with van der Waals surface area (Å²) in [5.74, 6) is 1.26. The van der Waals surface area contributed by atoms with E-state index in [-0.39, 0.29) is 0 Å². The van der Waals surface area contributed by atoms with Crippen molar-refractivity contribution in [1.82, 2.24) is 19.5 Å². The molecule has 5 heterocycles. The van der Waals surface area contributed by atoms with Gasteiger partial charge in [-0.15, -0.1) is 0 Å². The second-order valence-corrected chi connectivity index (χ2v) is 13.6. The van der Waals surface area contributed by atoms with Crippen molar-refractivity contribution in [1.29, 1.82) is 0 Å². The van der Waals surface area contributed by atoms with E-state index in [1.54, 1.807) is 0 Å². The maximum absolute atomic E-state index is 6.22. The van der Waals surface area contributed by atoms with Crippen LogP contribution in [0.3, 0.4) is 0 Å². The Morgan fingerprint density at radius 1 is 0.627 bits per heavy atom. The fraction of sp³-hybridized carbons (Fsp3) is 0.0667. The number of aromatic nitrogens is 4. The number of hydrogen-bond acceptors (Lipinski definition) is 5. The van der Waals surface area contributed by atoms with Gasteiger partial charge >= 0.3 is 0 Å². The zero-order chi connectivity index (χ0) is 33.6. The quantitative estimate of drug-likeness (QED) is 0.190. The van der Waals surface area contributed by atoms with Crippen molar-refractivity contribution >= 4 is 77.5 Å². The number of fused-ring (bicyclic) bond motifs is 9. The molecule has 6 heteroatoms. The number of aliphatic imine (C=N–C) groups is 1. The van der Waals surface area contributed by atoms with Gasteiger partial charge in [0.05, 0.1) is 22.4 Å². The first-order chi connectivity index (χ1) is 25.2. The van der Waals surface area contributed by atoms with Crippen molar-refractivity contribution in [2.45, 2.75) is 19.3 Å². The fourth-order valence-corrected chi connectivity index (χ4v) is 7.87. The van der Waals surface area contributed by atoms with Crippen LogP contribution in [-0.2, 0) is 0 Å². The van der Waals surface area contributed by atoms with Gasteiger partial charge in [0.25, 0.3) is 0 Å². The Hall–Kier alpha value is -6.66. The number of furan rings is 1. The molecule has 6 aromatic carbocycles. The topological polar surface area (TPSA) is 69.1 Å². The second kappa shape index (κ2) is 10.7. The summed E-state index contributed by atoms with van der Waals surface area (Å²) in [6.07, 6.45) is 4.88. The van der Waals surface area contributed by atoms with Gasteiger partial charge in [0.2, 0.25) is 5.71 Å². The zero-order valence-electron chi connectivity index (χ0n) is 27.7. The van der Waals surface area contributed by atoms with Crippen LogP contribution in [-0.4, -0.2) is 25.7 Å². The van der Waals surface area contributed by atoms with E-state index in [4.69, 9.17) is 24.4 Å². The van der Waals surface area contributed by atoms with Gasteiger partial charge in [0, 0.05) is 39.7 Å². The first kappa shape index (κ1) is 28.2. The number of para-hydroxylation sites is 1. The van der Waals surface area contributed by atoms with E-state index in [1.165, 1.54) is 37.9 Å². The van der Waals surface area contributed by atoms with Crippen LogP contribution in [0.1, 0.15) is 24.8 Å². The second-order valence-electron chi connectivity index (χ2n) is 13.6. The summed E-state index contributed by atoms with van der Waals surface area (Å²) in [4.78, 5) is 20.3. The van der Waals surface area contributed by atoms with Crippen molar-refractivity contribution in [2.75, 3.05) is 0 Å². The monoisotopic (exact) mass is 655 g/mol. The van der Waals surface area contributed by atoms with Crippen molar-refractivity contribution in [3.05, 3.63) is 139 Å². The Bertz CT molecular complexity index is 2990. The maximum Gasteiger partial charge on any atom is 0.246 e. The minimum absolute atomic E-state index is 0.420. The SMILES string of the molecule is CC1CC=Nc2cc(-c3nc4oc5ccccc5c4nc3-c3ccc(-n4c5cc6ccccc6cc5c5cc6ccccc6cc54)nc3)ccc21. The third-order valence-electron chi connectivity index (χ3n) is 10.5. The molecule has 0 amide bonds. The van der Waals surface area contributed by atoms with E-state index in [9.17, 15) is 0 Å². The largest absolute Gasteiger partial charge is 0.436 e. The highest BCUT2D eigenvalue weighted by Gasteiger charge is 2.22. The average Bonchev–Trinajstić information content (AvgIpc) is 3.69. The van der Waals surface area contributed by atoms with E-state index in [1.807, 2.05) is 36.7 Å².